The van der Waals surface area contributed by atoms with Crippen LogP contribution in [-0.4, -0.2) is 11.3 Å². The third kappa shape index (κ3) is 2.54. The summed E-state index contributed by atoms with van der Waals surface area (Å²) in [5, 5.41) is 2.56. The van der Waals surface area contributed by atoms with E-state index in [1.54, 1.807) is 6.92 Å². The number of nitrogens with one attached hydrogen (secondary N) is 1. The lowest BCUT2D eigenvalue weighted by Gasteiger charge is -2.37. The molecule has 0 saturated carbocycles. The lowest BCUT2D eigenvalue weighted by molar-refractivity contribution is -0.121. The molecule has 0 spiro atoms. The van der Waals surface area contributed by atoms with Crippen LogP contribution in [0.3, 0.4) is 0 Å². The molecular formula is C15H20ClNO. The maximum absolute atomic E-state index is 11.7. The lowest BCUT2D eigenvalue weighted by Crippen LogP contribution is -2.38. The molecular weight excluding hydrogens is 246 g/mol. The highest BCUT2D eigenvalue weighted by molar-refractivity contribution is 6.30. The number of carbonyl (C=O) groups excluding carboxylic acids is 1. The second-order valence-electron chi connectivity index (χ2n) is 5.69. The number of rotatable bonds is 2. The molecule has 0 aliphatic heterocycles. The van der Waals surface area contributed by atoms with Gasteiger partial charge in [0, 0.05) is 0 Å². The Morgan fingerprint density at radius 2 is 2.11 bits per heavy atom. The first-order chi connectivity index (χ1) is 8.42. The summed E-state index contributed by atoms with van der Waals surface area (Å²) in [6.45, 7) is 6.22. The van der Waals surface area contributed by atoms with Gasteiger partial charge in [-0.25, -0.2) is 0 Å². The van der Waals surface area contributed by atoms with Crippen LogP contribution in [0, 0.1) is 0 Å². The molecule has 98 valence electrons. The van der Waals surface area contributed by atoms with Gasteiger partial charge in [-0.2, -0.15) is 0 Å². The first-order valence-corrected chi connectivity index (χ1v) is 6.89. The van der Waals surface area contributed by atoms with E-state index in [0.717, 1.165) is 12.8 Å². The van der Waals surface area contributed by atoms with E-state index in [0.29, 0.717) is 0 Å². The van der Waals surface area contributed by atoms with Crippen LogP contribution in [0.25, 0.3) is 0 Å². The quantitative estimate of drug-likeness (QED) is 0.814. The van der Waals surface area contributed by atoms with Crippen molar-refractivity contribution in [1.82, 2.24) is 5.32 Å². The van der Waals surface area contributed by atoms with E-state index in [2.05, 4.69) is 37.4 Å². The number of carbonyl (C=O) groups is 1. The van der Waals surface area contributed by atoms with Gasteiger partial charge >= 0.3 is 0 Å². The summed E-state index contributed by atoms with van der Waals surface area (Å²) in [5.74, 6) is -0.0869. The molecule has 1 amide bonds. The number of benzene rings is 1. The van der Waals surface area contributed by atoms with Gasteiger partial charge in [-0.1, -0.05) is 38.1 Å². The van der Waals surface area contributed by atoms with Crippen molar-refractivity contribution in [1.29, 1.82) is 0 Å². The van der Waals surface area contributed by atoms with Crippen LogP contribution in [0.1, 0.15) is 50.8 Å². The van der Waals surface area contributed by atoms with Gasteiger partial charge in [0.25, 0.3) is 0 Å². The topological polar surface area (TPSA) is 29.1 Å². The summed E-state index contributed by atoms with van der Waals surface area (Å²) in [5.41, 5.74) is 2.76. The van der Waals surface area contributed by atoms with Gasteiger partial charge in [0.05, 0.1) is 6.04 Å². The van der Waals surface area contributed by atoms with E-state index >= 15 is 0 Å². The summed E-state index contributed by atoms with van der Waals surface area (Å²) < 4.78 is 0. The van der Waals surface area contributed by atoms with Crippen LogP contribution < -0.4 is 5.32 Å². The minimum absolute atomic E-state index is 0.0869. The normalized spacial score (nSPS) is 23.0. The summed E-state index contributed by atoms with van der Waals surface area (Å²) in [7, 11) is 0. The molecule has 0 bridgehead atoms. The summed E-state index contributed by atoms with van der Waals surface area (Å²) in [6.07, 6.45) is 2.05. The van der Waals surface area contributed by atoms with Gasteiger partial charge in [-0.15, -0.1) is 11.6 Å². The van der Waals surface area contributed by atoms with Crippen LogP contribution in [0.5, 0.6) is 0 Å². The van der Waals surface area contributed by atoms with Crippen LogP contribution >= 0.6 is 11.6 Å². The largest absolute Gasteiger partial charge is 0.348 e. The maximum atomic E-state index is 11.7. The Kier molecular flexibility index (Phi) is 3.67. The SMILES string of the molecule is CC(Cl)C(=O)NC1CCC(C)(C)c2ccccc21. The average Bonchev–Trinajstić information content (AvgIpc) is 2.33. The van der Waals surface area contributed by atoms with Gasteiger partial charge < -0.3 is 5.32 Å². The Morgan fingerprint density at radius 1 is 1.44 bits per heavy atom. The third-order valence-electron chi connectivity index (χ3n) is 3.80. The highest BCUT2D eigenvalue weighted by Crippen LogP contribution is 2.41. The number of amides is 1. The molecule has 0 fully saturated rings. The molecule has 0 aromatic heterocycles. The van der Waals surface area contributed by atoms with E-state index in [1.807, 2.05) is 6.07 Å². The molecule has 1 aliphatic carbocycles. The Morgan fingerprint density at radius 3 is 2.78 bits per heavy atom. The molecule has 2 nitrogen and oxygen atoms in total. The molecule has 2 unspecified atom stereocenters. The number of halogens is 1. The summed E-state index contributed by atoms with van der Waals surface area (Å²) in [6, 6.07) is 8.47. The van der Waals surface area contributed by atoms with Crippen molar-refractivity contribution in [2.24, 2.45) is 0 Å². The second kappa shape index (κ2) is 4.93. The standard InChI is InChI=1S/C15H20ClNO/c1-10(16)14(18)17-13-8-9-15(2,3)12-7-5-4-6-11(12)13/h4-7,10,13H,8-9H2,1-3H3,(H,17,18). The van der Waals surface area contributed by atoms with Gasteiger partial charge in [-0.05, 0) is 36.3 Å². The highest BCUT2D eigenvalue weighted by atomic mass is 35.5. The Labute approximate surface area is 114 Å². The van der Waals surface area contributed by atoms with Gasteiger partial charge in [0.15, 0.2) is 0 Å². The molecule has 0 radical (unpaired) electrons. The van der Waals surface area contributed by atoms with E-state index < -0.39 is 5.38 Å². The molecule has 2 rings (SSSR count). The number of alkyl halides is 1. The Bertz CT molecular complexity index is 454. The molecule has 0 heterocycles. The summed E-state index contributed by atoms with van der Waals surface area (Å²) in [4.78, 5) is 11.7. The van der Waals surface area contributed by atoms with E-state index in [1.165, 1.54) is 11.1 Å². The minimum atomic E-state index is -0.480. The Balaban J connectivity index is 2.29. The van der Waals surface area contributed by atoms with Gasteiger partial charge in [0.1, 0.15) is 5.38 Å². The fourth-order valence-corrected chi connectivity index (χ4v) is 2.71. The molecule has 18 heavy (non-hydrogen) atoms. The molecule has 2 atom stereocenters. The fraction of sp³-hybridized carbons (Fsp3) is 0.533. The van der Waals surface area contributed by atoms with Crippen molar-refractivity contribution >= 4 is 17.5 Å². The lowest BCUT2D eigenvalue weighted by atomic mass is 9.71. The molecule has 0 saturated heterocycles. The van der Waals surface area contributed by atoms with Crippen molar-refractivity contribution in [3.05, 3.63) is 35.4 Å². The van der Waals surface area contributed by atoms with Crippen LogP contribution in [-0.2, 0) is 10.2 Å². The van der Waals surface area contributed by atoms with Crippen molar-refractivity contribution in [3.8, 4) is 0 Å². The van der Waals surface area contributed by atoms with E-state index in [9.17, 15) is 4.79 Å². The maximum Gasteiger partial charge on any atom is 0.238 e. The first kappa shape index (κ1) is 13.4. The molecule has 3 heteroatoms. The van der Waals surface area contributed by atoms with E-state index in [-0.39, 0.29) is 17.4 Å². The predicted molar refractivity (Wildman–Crippen MR) is 74.9 cm³/mol. The molecule has 1 aromatic rings. The molecule has 1 N–H and O–H groups in total. The number of hydrogen-bond donors (Lipinski definition) is 1. The zero-order chi connectivity index (χ0) is 13.3. The van der Waals surface area contributed by atoms with Crippen LogP contribution in [0.15, 0.2) is 24.3 Å². The van der Waals surface area contributed by atoms with Crippen molar-refractivity contribution < 1.29 is 4.79 Å². The van der Waals surface area contributed by atoms with Crippen LogP contribution in [0.4, 0.5) is 0 Å². The van der Waals surface area contributed by atoms with Crippen molar-refractivity contribution in [3.63, 3.8) is 0 Å². The van der Waals surface area contributed by atoms with Gasteiger partial charge in [-0.3, -0.25) is 4.79 Å². The Hall–Kier alpha value is -1.02. The highest BCUT2D eigenvalue weighted by Gasteiger charge is 2.33. The number of hydrogen-bond acceptors (Lipinski definition) is 1. The second-order valence-corrected chi connectivity index (χ2v) is 6.34. The van der Waals surface area contributed by atoms with E-state index in [4.69, 9.17) is 11.6 Å². The third-order valence-corrected chi connectivity index (χ3v) is 4.00. The van der Waals surface area contributed by atoms with Crippen molar-refractivity contribution in [2.75, 3.05) is 0 Å². The fourth-order valence-electron chi connectivity index (χ4n) is 2.65. The minimum Gasteiger partial charge on any atom is -0.348 e. The monoisotopic (exact) mass is 265 g/mol. The zero-order valence-electron chi connectivity index (χ0n) is 11.2. The molecule has 1 aromatic carbocycles. The molecule has 1 aliphatic rings. The van der Waals surface area contributed by atoms with Gasteiger partial charge in [0.2, 0.25) is 5.91 Å². The number of fused-ring (bicyclic) bond motifs is 1. The first-order valence-electron chi connectivity index (χ1n) is 6.45. The average molecular weight is 266 g/mol. The summed E-state index contributed by atoms with van der Waals surface area (Å²) >= 11 is 5.82. The zero-order valence-corrected chi connectivity index (χ0v) is 11.9. The van der Waals surface area contributed by atoms with Crippen molar-refractivity contribution in [2.45, 2.75) is 50.4 Å². The van der Waals surface area contributed by atoms with Crippen LogP contribution in [0.2, 0.25) is 0 Å². The predicted octanol–water partition coefficient (Wildman–Crippen LogP) is 3.54. The smallest absolute Gasteiger partial charge is 0.238 e.